The molecule has 7 heteroatoms. The predicted octanol–water partition coefficient (Wildman–Crippen LogP) is 2.27. The molecule has 2 aromatic rings. The van der Waals surface area contributed by atoms with Crippen molar-refractivity contribution in [2.24, 2.45) is 11.8 Å². The molecule has 2 saturated carbocycles. The van der Waals surface area contributed by atoms with Gasteiger partial charge in [-0.1, -0.05) is 6.42 Å². The third-order valence-corrected chi connectivity index (χ3v) is 5.26. The van der Waals surface area contributed by atoms with E-state index in [1.807, 2.05) is 0 Å². The minimum Gasteiger partial charge on any atom is -0.463 e. The number of fused-ring (bicyclic) bond motifs is 3. The molecule has 3 unspecified atom stereocenters. The molecular formula is C17H22N4O3. The second-order valence-corrected chi connectivity index (χ2v) is 6.79. The maximum Gasteiger partial charge on any atom is 0.302 e. The first kappa shape index (κ1) is 15.5. The van der Waals surface area contributed by atoms with Gasteiger partial charge in [-0.3, -0.25) is 9.36 Å². The Morgan fingerprint density at radius 3 is 3.00 bits per heavy atom. The Hall–Kier alpha value is -2.02. The van der Waals surface area contributed by atoms with Gasteiger partial charge in [0.2, 0.25) is 0 Å². The van der Waals surface area contributed by atoms with E-state index < -0.39 is 0 Å². The van der Waals surface area contributed by atoms with Gasteiger partial charge in [0, 0.05) is 12.8 Å². The first-order valence-electron chi connectivity index (χ1n) is 8.59. The summed E-state index contributed by atoms with van der Waals surface area (Å²) in [6, 6.07) is 0. The molecule has 0 spiro atoms. The summed E-state index contributed by atoms with van der Waals surface area (Å²) in [5, 5.41) is 0. The van der Waals surface area contributed by atoms with Crippen LogP contribution < -0.4 is 0 Å². The van der Waals surface area contributed by atoms with Gasteiger partial charge in [-0.2, -0.15) is 0 Å². The van der Waals surface area contributed by atoms with Crippen LogP contribution in [-0.2, 0) is 21.0 Å². The topological polar surface area (TPSA) is 79.1 Å². The molecule has 0 aromatic carbocycles. The average molecular weight is 330 g/mol. The van der Waals surface area contributed by atoms with E-state index in [1.54, 1.807) is 12.5 Å². The molecule has 0 N–H and O–H groups in total. The molecule has 7 nitrogen and oxygen atoms in total. The van der Waals surface area contributed by atoms with Crippen LogP contribution in [0.1, 0.15) is 44.3 Å². The Labute approximate surface area is 140 Å². The highest BCUT2D eigenvalue weighted by Gasteiger charge is 2.42. The lowest BCUT2D eigenvalue weighted by Gasteiger charge is -2.22. The van der Waals surface area contributed by atoms with Crippen LogP contribution >= 0.6 is 0 Å². The zero-order valence-corrected chi connectivity index (χ0v) is 13.9. The van der Waals surface area contributed by atoms with Crippen LogP contribution in [0.25, 0.3) is 11.2 Å². The van der Waals surface area contributed by atoms with Crippen LogP contribution in [-0.4, -0.2) is 38.7 Å². The molecule has 0 radical (unpaired) electrons. The summed E-state index contributed by atoms with van der Waals surface area (Å²) < 4.78 is 12.7. The van der Waals surface area contributed by atoms with Crippen molar-refractivity contribution in [3.8, 4) is 0 Å². The monoisotopic (exact) mass is 330 g/mol. The number of esters is 1. The maximum absolute atomic E-state index is 10.8. The Morgan fingerprint density at radius 1 is 1.33 bits per heavy atom. The number of nitrogens with zero attached hydrogens (tertiary/aromatic N) is 4. The lowest BCUT2D eigenvalue weighted by molar-refractivity contribution is -0.142. The molecule has 128 valence electrons. The highest BCUT2D eigenvalue weighted by atomic mass is 16.6. The smallest absolute Gasteiger partial charge is 0.302 e. The van der Waals surface area contributed by atoms with Crippen molar-refractivity contribution in [1.29, 1.82) is 0 Å². The molecule has 2 fully saturated rings. The predicted molar refractivity (Wildman–Crippen MR) is 86.1 cm³/mol. The maximum atomic E-state index is 10.8. The first-order valence-corrected chi connectivity index (χ1v) is 8.59. The number of carbonyl (C=O) groups is 1. The number of hydrogen-bond donors (Lipinski definition) is 0. The van der Waals surface area contributed by atoms with Gasteiger partial charge in [-0.25, -0.2) is 15.0 Å². The Balaban J connectivity index is 1.53. The molecule has 0 aliphatic heterocycles. The van der Waals surface area contributed by atoms with Crippen molar-refractivity contribution in [2.75, 3.05) is 13.2 Å². The molecule has 2 aromatic heterocycles. The summed E-state index contributed by atoms with van der Waals surface area (Å²) in [4.78, 5) is 24.1. The largest absolute Gasteiger partial charge is 0.463 e. The standard InChI is InChI=1S/C17H22N4O3/c1-11(22)24-5-4-23-10-21-16(14-7-12-2-3-13(14)6-12)20-15-8-18-9-19-17(15)21/h8-9,12-14H,2-7,10H2,1H3. The number of imidazole rings is 1. The van der Waals surface area contributed by atoms with E-state index in [1.165, 1.54) is 32.6 Å². The fraction of sp³-hybridized carbons (Fsp3) is 0.647. The van der Waals surface area contributed by atoms with E-state index in [9.17, 15) is 4.79 Å². The van der Waals surface area contributed by atoms with Crippen molar-refractivity contribution < 1.29 is 14.3 Å². The Kier molecular flexibility index (Phi) is 4.18. The van der Waals surface area contributed by atoms with Crippen LogP contribution in [0.4, 0.5) is 0 Å². The number of hydrogen-bond acceptors (Lipinski definition) is 6. The zero-order valence-electron chi connectivity index (χ0n) is 13.9. The first-order chi connectivity index (χ1) is 11.7. The molecule has 4 rings (SSSR count). The van der Waals surface area contributed by atoms with Gasteiger partial charge < -0.3 is 9.47 Å². The highest BCUT2D eigenvalue weighted by molar-refractivity contribution is 5.70. The highest BCUT2D eigenvalue weighted by Crippen LogP contribution is 2.52. The zero-order chi connectivity index (χ0) is 16.5. The van der Waals surface area contributed by atoms with Crippen LogP contribution in [0.5, 0.6) is 0 Å². The van der Waals surface area contributed by atoms with Crippen LogP contribution in [0, 0.1) is 11.8 Å². The molecule has 0 saturated heterocycles. The summed E-state index contributed by atoms with van der Waals surface area (Å²) in [5.74, 6) is 2.87. The van der Waals surface area contributed by atoms with Crippen molar-refractivity contribution in [1.82, 2.24) is 19.5 Å². The summed E-state index contributed by atoms with van der Waals surface area (Å²) in [6.45, 7) is 2.40. The van der Waals surface area contributed by atoms with E-state index in [0.717, 1.165) is 28.8 Å². The number of rotatable bonds is 6. The average Bonchev–Trinajstić information content (AvgIpc) is 3.27. The number of ether oxygens (including phenoxy) is 2. The molecular weight excluding hydrogens is 308 g/mol. The second-order valence-electron chi connectivity index (χ2n) is 6.79. The third-order valence-electron chi connectivity index (χ3n) is 5.26. The van der Waals surface area contributed by atoms with Gasteiger partial charge in [0.25, 0.3) is 0 Å². The normalized spacial score (nSPS) is 25.5. The summed E-state index contributed by atoms with van der Waals surface area (Å²) in [5.41, 5.74) is 1.63. The third kappa shape index (κ3) is 2.88. The SMILES string of the molecule is CC(=O)OCCOCn1c(C2CC3CCC2C3)nc2cncnc21. The van der Waals surface area contributed by atoms with E-state index in [0.29, 0.717) is 19.3 Å². The lowest BCUT2D eigenvalue weighted by atomic mass is 9.88. The summed E-state index contributed by atoms with van der Waals surface area (Å²) >= 11 is 0. The molecule has 2 bridgehead atoms. The van der Waals surface area contributed by atoms with Crippen LogP contribution in [0.3, 0.4) is 0 Å². The van der Waals surface area contributed by atoms with Gasteiger partial charge in [0.1, 0.15) is 31.0 Å². The number of aromatic nitrogens is 4. The van der Waals surface area contributed by atoms with E-state index in [4.69, 9.17) is 14.5 Å². The molecule has 24 heavy (non-hydrogen) atoms. The van der Waals surface area contributed by atoms with E-state index in [2.05, 4.69) is 14.5 Å². The minimum absolute atomic E-state index is 0.264. The molecule has 3 atom stereocenters. The van der Waals surface area contributed by atoms with Gasteiger partial charge in [-0.15, -0.1) is 0 Å². The minimum atomic E-state index is -0.290. The van der Waals surface area contributed by atoms with E-state index >= 15 is 0 Å². The number of carbonyl (C=O) groups excluding carboxylic acids is 1. The second kappa shape index (κ2) is 6.47. The van der Waals surface area contributed by atoms with Gasteiger partial charge >= 0.3 is 5.97 Å². The van der Waals surface area contributed by atoms with Gasteiger partial charge in [0.05, 0.1) is 12.8 Å². The quantitative estimate of drug-likeness (QED) is 0.597. The van der Waals surface area contributed by atoms with Crippen molar-refractivity contribution in [3.63, 3.8) is 0 Å². The fourth-order valence-electron chi connectivity index (χ4n) is 4.27. The lowest BCUT2D eigenvalue weighted by Crippen LogP contribution is -2.17. The van der Waals surface area contributed by atoms with Crippen LogP contribution in [0.15, 0.2) is 12.5 Å². The van der Waals surface area contributed by atoms with Crippen molar-refractivity contribution in [3.05, 3.63) is 18.3 Å². The van der Waals surface area contributed by atoms with Crippen molar-refractivity contribution in [2.45, 2.75) is 45.3 Å². The van der Waals surface area contributed by atoms with Crippen LogP contribution in [0.2, 0.25) is 0 Å². The van der Waals surface area contributed by atoms with Crippen molar-refractivity contribution >= 4 is 17.1 Å². The Morgan fingerprint density at radius 2 is 2.25 bits per heavy atom. The van der Waals surface area contributed by atoms with Gasteiger partial charge in [-0.05, 0) is 31.1 Å². The van der Waals surface area contributed by atoms with Gasteiger partial charge in [0.15, 0.2) is 5.65 Å². The fourth-order valence-corrected chi connectivity index (χ4v) is 4.27. The molecule has 2 aliphatic carbocycles. The molecule has 2 aliphatic rings. The Bertz CT molecular complexity index is 745. The summed E-state index contributed by atoms with van der Waals surface area (Å²) in [6.07, 6.45) is 8.51. The molecule has 2 heterocycles. The molecule has 0 amide bonds. The summed E-state index contributed by atoms with van der Waals surface area (Å²) in [7, 11) is 0. The van der Waals surface area contributed by atoms with E-state index in [-0.39, 0.29) is 12.6 Å².